The van der Waals surface area contributed by atoms with E-state index in [9.17, 15) is 9.59 Å². The molecule has 0 aliphatic carbocycles. The van der Waals surface area contributed by atoms with Crippen LogP contribution in [0.15, 0.2) is 5.38 Å². The van der Waals surface area contributed by atoms with Crippen molar-refractivity contribution in [3.8, 4) is 5.75 Å². The number of aliphatic carboxylic acids is 1. The molecule has 1 rings (SSSR count). The predicted octanol–water partition coefficient (Wildman–Crippen LogP) is 1.22. The summed E-state index contributed by atoms with van der Waals surface area (Å²) in [5, 5.41) is 18.6. The maximum Gasteiger partial charge on any atom is 0.341 e. The zero-order chi connectivity index (χ0) is 10.7. The van der Waals surface area contributed by atoms with E-state index in [4.69, 9.17) is 14.9 Å². The minimum Gasteiger partial charge on any atom is -0.480 e. The van der Waals surface area contributed by atoms with E-state index in [1.54, 1.807) is 6.92 Å². The van der Waals surface area contributed by atoms with Gasteiger partial charge < -0.3 is 14.9 Å². The van der Waals surface area contributed by atoms with Crippen LogP contribution in [0.25, 0.3) is 0 Å². The fourth-order valence-electron chi connectivity index (χ4n) is 0.935. The SMILES string of the molecule is Cc1scc(OCC(=O)O)c1C(=O)O. The molecule has 1 aromatic rings. The highest BCUT2D eigenvalue weighted by Gasteiger charge is 2.17. The largest absolute Gasteiger partial charge is 0.480 e. The van der Waals surface area contributed by atoms with E-state index in [1.807, 2.05) is 0 Å². The van der Waals surface area contributed by atoms with Crippen molar-refractivity contribution in [3.05, 3.63) is 15.8 Å². The van der Waals surface area contributed by atoms with Gasteiger partial charge in [0, 0.05) is 10.3 Å². The average molecular weight is 216 g/mol. The first-order chi connectivity index (χ1) is 6.52. The molecule has 5 nitrogen and oxygen atoms in total. The van der Waals surface area contributed by atoms with E-state index in [0.717, 1.165) is 0 Å². The van der Waals surface area contributed by atoms with Crippen molar-refractivity contribution in [1.82, 2.24) is 0 Å². The first-order valence-corrected chi connectivity index (χ1v) is 4.56. The third kappa shape index (κ3) is 2.23. The Kier molecular flexibility index (Phi) is 3.08. The number of carboxylic acid groups (broad SMARTS) is 2. The van der Waals surface area contributed by atoms with E-state index >= 15 is 0 Å². The van der Waals surface area contributed by atoms with Gasteiger partial charge in [0.05, 0.1) is 0 Å². The summed E-state index contributed by atoms with van der Waals surface area (Å²) in [6, 6.07) is 0. The van der Waals surface area contributed by atoms with Crippen LogP contribution < -0.4 is 4.74 Å². The Bertz CT molecular complexity index is 368. The summed E-state index contributed by atoms with van der Waals surface area (Å²) in [6.07, 6.45) is 0. The Hall–Kier alpha value is -1.56. The monoisotopic (exact) mass is 216 g/mol. The molecule has 0 amide bonds. The molecule has 0 aromatic carbocycles. The lowest BCUT2D eigenvalue weighted by Gasteiger charge is -2.01. The maximum atomic E-state index is 10.7. The molecule has 0 radical (unpaired) electrons. The number of rotatable bonds is 4. The number of thiophene rings is 1. The summed E-state index contributed by atoms with van der Waals surface area (Å²) in [5.41, 5.74) is 0.0382. The number of hydrogen-bond acceptors (Lipinski definition) is 4. The number of aromatic carboxylic acids is 1. The number of ether oxygens (including phenoxy) is 1. The summed E-state index contributed by atoms with van der Waals surface area (Å²) in [6.45, 7) is 1.11. The van der Waals surface area contributed by atoms with Crippen molar-refractivity contribution in [2.45, 2.75) is 6.92 Å². The van der Waals surface area contributed by atoms with E-state index in [0.29, 0.717) is 4.88 Å². The highest BCUT2D eigenvalue weighted by molar-refractivity contribution is 7.10. The second-order valence-corrected chi connectivity index (χ2v) is 3.60. The Morgan fingerprint density at radius 1 is 1.50 bits per heavy atom. The molecule has 14 heavy (non-hydrogen) atoms. The standard InChI is InChI=1S/C8H8O5S/c1-4-7(8(11)12)5(3-14-4)13-2-6(9)10/h3H,2H2,1H3,(H,9,10)(H,11,12). The van der Waals surface area contributed by atoms with Crippen LogP contribution in [0, 0.1) is 6.92 Å². The topological polar surface area (TPSA) is 83.8 Å². The zero-order valence-electron chi connectivity index (χ0n) is 7.31. The maximum absolute atomic E-state index is 10.7. The third-order valence-electron chi connectivity index (χ3n) is 1.51. The second-order valence-electron chi connectivity index (χ2n) is 2.52. The third-order valence-corrected chi connectivity index (χ3v) is 2.40. The Morgan fingerprint density at radius 2 is 2.14 bits per heavy atom. The highest BCUT2D eigenvalue weighted by atomic mass is 32.1. The van der Waals surface area contributed by atoms with Crippen LogP contribution in [0.3, 0.4) is 0 Å². The van der Waals surface area contributed by atoms with E-state index < -0.39 is 18.5 Å². The van der Waals surface area contributed by atoms with Gasteiger partial charge in [-0.25, -0.2) is 9.59 Å². The molecule has 0 bridgehead atoms. The minimum absolute atomic E-state index is 0.0382. The summed E-state index contributed by atoms with van der Waals surface area (Å²) in [4.78, 5) is 21.5. The van der Waals surface area contributed by atoms with E-state index in [-0.39, 0.29) is 11.3 Å². The van der Waals surface area contributed by atoms with Gasteiger partial charge in [-0.15, -0.1) is 11.3 Å². The summed E-state index contributed by atoms with van der Waals surface area (Å²) < 4.78 is 4.81. The van der Waals surface area contributed by atoms with Crippen LogP contribution in [-0.4, -0.2) is 28.8 Å². The summed E-state index contributed by atoms with van der Waals surface area (Å²) in [7, 11) is 0. The molecule has 1 heterocycles. The number of carbonyl (C=O) groups is 2. The van der Waals surface area contributed by atoms with E-state index in [1.165, 1.54) is 16.7 Å². The van der Waals surface area contributed by atoms with Crippen molar-refractivity contribution in [1.29, 1.82) is 0 Å². The fourth-order valence-corrected chi connectivity index (χ4v) is 1.71. The lowest BCUT2D eigenvalue weighted by molar-refractivity contribution is -0.139. The van der Waals surface area contributed by atoms with Gasteiger partial charge in [-0.05, 0) is 6.92 Å². The van der Waals surface area contributed by atoms with Gasteiger partial charge in [0.2, 0.25) is 0 Å². The van der Waals surface area contributed by atoms with Crippen LogP contribution in [0.2, 0.25) is 0 Å². The quantitative estimate of drug-likeness (QED) is 0.790. The first-order valence-electron chi connectivity index (χ1n) is 3.68. The van der Waals surface area contributed by atoms with Crippen molar-refractivity contribution < 1.29 is 24.5 Å². The molecule has 1 aromatic heterocycles. The fraction of sp³-hybridized carbons (Fsp3) is 0.250. The van der Waals surface area contributed by atoms with Crippen LogP contribution in [0.1, 0.15) is 15.2 Å². The smallest absolute Gasteiger partial charge is 0.341 e. The lowest BCUT2D eigenvalue weighted by atomic mass is 10.2. The van der Waals surface area contributed by atoms with Gasteiger partial charge >= 0.3 is 11.9 Å². The Morgan fingerprint density at radius 3 is 2.64 bits per heavy atom. The van der Waals surface area contributed by atoms with Crippen LogP contribution >= 0.6 is 11.3 Å². The molecule has 2 N–H and O–H groups in total. The van der Waals surface area contributed by atoms with Gasteiger partial charge in [-0.1, -0.05) is 0 Å². The normalized spacial score (nSPS) is 9.79. The summed E-state index contributed by atoms with van der Waals surface area (Å²) in [5.74, 6) is -2.13. The van der Waals surface area contributed by atoms with Gasteiger partial charge in [-0.3, -0.25) is 0 Å². The number of carboxylic acids is 2. The van der Waals surface area contributed by atoms with Crippen LogP contribution in [0.5, 0.6) is 5.75 Å². The molecule has 0 spiro atoms. The molecular weight excluding hydrogens is 208 g/mol. The Labute approximate surface area is 83.6 Å². The zero-order valence-corrected chi connectivity index (χ0v) is 8.13. The van der Waals surface area contributed by atoms with Crippen molar-refractivity contribution in [2.24, 2.45) is 0 Å². The number of aryl methyl sites for hydroxylation is 1. The first kappa shape index (κ1) is 10.5. The number of hydrogen-bond donors (Lipinski definition) is 2. The lowest BCUT2D eigenvalue weighted by Crippen LogP contribution is -2.11. The van der Waals surface area contributed by atoms with E-state index in [2.05, 4.69) is 0 Å². The van der Waals surface area contributed by atoms with Crippen molar-refractivity contribution >= 4 is 23.3 Å². The van der Waals surface area contributed by atoms with Gasteiger partial charge in [0.15, 0.2) is 6.61 Å². The molecule has 0 unspecified atom stereocenters. The Balaban J connectivity index is 2.86. The van der Waals surface area contributed by atoms with Crippen molar-refractivity contribution in [2.75, 3.05) is 6.61 Å². The molecule has 76 valence electrons. The molecule has 6 heteroatoms. The highest BCUT2D eigenvalue weighted by Crippen LogP contribution is 2.28. The van der Waals surface area contributed by atoms with Crippen molar-refractivity contribution in [3.63, 3.8) is 0 Å². The summed E-state index contributed by atoms with van der Waals surface area (Å²) >= 11 is 1.21. The molecule has 0 aliphatic rings. The molecule has 0 fully saturated rings. The molecule has 0 saturated heterocycles. The minimum atomic E-state index is -1.13. The van der Waals surface area contributed by atoms with Crippen LogP contribution in [-0.2, 0) is 4.79 Å². The average Bonchev–Trinajstić information content (AvgIpc) is 2.43. The second kappa shape index (κ2) is 4.10. The van der Waals surface area contributed by atoms with Gasteiger partial charge in [-0.2, -0.15) is 0 Å². The van der Waals surface area contributed by atoms with Gasteiger partial charge in [0.1, 0.15) is 11.3 Å². The molecule has 0 saturated carbocycles. The molecule has 0 atom stereocenters. The molecule has 0 aliphatic heterocycles. The predicted molar refractivity (Wildman–Crippen MR) is 49.1 cm³/mol. The van der Waals surface area contributed by atoms with Crippen LogP contribution in [0.4, 0.5) is 0 Å². The van der Waals surface area contributed by atoms with Gasteiger partial charge in [0.25, 0.3) is 0 Å². The molecular formula is C8H8O5S.